The Labute approximate surface area is 115 Å². The van der Waals surface area contributed by atoms with Crippen LogP contribution in [0.25, 0.3) is 0 Å². The van der Waals surface area contributed by atoms with Crippen LogP contribution in [0.4, 0.5) is 0 Å². The zero-order valence-electron chi connectivity index (χ0n) is 11.4. The first-order valence-electron chi connectivity index (χ1n) is 6.83. The van der Waals surface area contributed by atoms with E-state index in [0.717, 1.165) is 36.6 Å². The van der Waals surface area contributed by atoms with Gasteiger partial charge >= 0.3 is 0 Å². The van der Waals surface area contributed by atoms with Crippen LogP contribution >= 0.6 is 11.6 Å². The number of ether oxygens (including phenoxy) is 1. The van der Waals surface area contributed by atoms with Crippen LogP contribution in [0, 0.1) is 5.92 Å². The molecule has 1 atom stereocenters. The van der Waals surface area contributed by atoms with Crippen LogP contribution < -0.4 is 10.1 Å². The smallest absolute Gasteiger partial charge is 0.127 e. The van der Waals surface area contributed by atoms with Gasteiger partial charge in [0.05, 0.1) is 6.61 Å². The molecule has 0 saturated carbocycles. The van der Waals surface area contributed by atoms with E-state index in [2.05, 4.69) is 25.2 Å². The third kappa shape index (κ3) is 2.50. The summed E-state index contributed by atoms with van der Waals surface area (Å²) in [5.41, 5.74) is 2.48. The third-order valence-electron chi connectivity index (χ3n) is 3.94. The van der Waals surface area contributed by atoms with Gasteiger partial charge in [-0.05, 0) is 30.7 Å². The van der Waals surface area contributed by atoms with Gasteiger partial charge in [-0.3, -0.25) is 0 Å². The predicted molar refractivity (Wildman–Crippen MR) is 76.5 cm³/mol. The van der Waals surface area contributed by atoms with Crippen molar-refractivity contribution < 1.29 is 4.74 Å². The molecule has 3 heteroatoms. The molecule has 0 spiro atoms. The van der Waals surface area contributed by atoms with E-state index < -0.39 is 0 Å². The summed E-state index contributed by atoms with van der Waals surface area (Å²) in [6.45, 7) is 5.26. The van der Waals surface area contributed by atoms with Gasteiger partial charge in [-0.25, -0.2) is 0 Å². The lowest BCUT2D eigenvalue weighted by Crippen LogP contribution is -2.25. The molecular weight excluding hydrogens is 246 g/mol. The van der Waals surface area contributed by atoms with Crippen LogP contribution in [0.2, 0.25) is 5.02 Å². The minimum absolute atomic E-state index is 0.325. The lowest BCUT2D eigenvalue weighted by Gasteiger charge is -2.27. The van der Waals surface area contributed by atoms with Crippen molar-refractivity contribution in [3.8, 4) is 5.75 Å². The Morgan fingerprint density at radius 1 is 1.33 bits per heavy atom. The van der Waals surface area contributed by atoms with Gasteiger partial charge in [0, 0.05) is 23.0 Å². The monoisotopic (exact) mass is 267 g/mol. The van der Waals surface area contributed by atoms with E-state index in [0.29, 0.717) is 12.0 Å². The summed E-state index contributed by atoms with van der Waals surface area (Å²) in [6.07, 6.45) is 3.29. The molecule has 1 heterocycles. The quantitative estimate of drug-likeness (QED) is 0.872. The van der Waals surface area contributed by atoms with Gasteiger partial charge in [0.15, 0.2) is 0 Å². The van der Waals surface area contributed by atoms with Crippen molar-refractivity contribution in [1.29, 1.82) is 0 Å². The highest BCUT2D eigenvalue weighted by molar-refractivity contribution is 6.30. The van der Waals surface area contributed by atoms with E-state index in [9.17, 15) is 0 Å². The molecule has 0 aliphatic carbocycles. The molecule has 0 radical (unpaired) electrons. The summed E-state index contributed by atoms with van der Waals surface area (Å²) in [5, 5.41) is 4.26. The molecular formula is C15H22ClNO. The van der Waals surface area contributed by atoms with E-state index in [4.69, 9.17) is 16.3 Å². The summed E-state index contributed by atoms with van der Waals surface area (Å²) in [7, 11) is 2.02. The Bertz CT molecular complexity index is 415. The van der Waals surface area contributed by atoms with E-state index >= 15 is 0 Å². The Morgan fingerprint density at radius 3 is 2.67 bits per heavy atom. The summed E-state index contributed by atoms with van der Waals surface area (Å²) in [4.78, 5) is 0. The van der Waals surface area contributed by atoms with E-state index in [1.807, 2.05) is 13.1 Å². The fraction of sp³-hybridized carbons (Fsp3) is 0.600. The molecule has 1 N–H and O–H groups in total. The van der Waals surface area contributed by atoms with Crippen molar-refractivity contribution in [2.45, 2.75) is 39.2 Å². The highest BCUT2D eigenvalue weighted by atomic mass is 35.5. The maximum absolute atomic E-state index is 6.24. The van der Waals surface area contributed by atoms with Crippen molar-refractivity contribution in [2.75, 3.05) is 13.7 Å². The Hall–Kier alpha value is -0.730. The van der Waals surface area contributed by atoms with E-state index in [1.165, 1.54) is 11.1 Å². The molecule has 1 aliphatic rings. The molecule has 2 rings (SSSR count). The Kier molecular flexibility index (Phi) is 4.52. The van der Waals surface area contributed by atoms with Crippen molar-refractivity contribution in [3.63, 3.8) is 0 Å². The topological polar surface area (TPSA) is 21.3 Å². The molecule has 100 valence electrons. The molecule has 0 amide bonds. The van der Waals surface area contributed by atoms with Crippen molar-refractivity contribution in [2.24, 2.45) is 5.92 Å². The fourth-order valence-electron chi connectivity index (χ4n) is 2.93. The molecule has 0 fully saturated rings. The largest absolute Gasteiger partial charge is 0.493 e. The average Bonchev–Trinajstić information content (AvgIpc) is 2.82. The van der Waals surface area contributed by atoms with E-state index in [1.54, 1.807) is 0 Å². The summed E-state index contributed by atoms with van der Waals surface area (Å²) in [6, 6.07) is 4.42. The average molecular weight is 268 g/mol. The lowest BCUT2D eigenvalue weighted by atomic mass is 9.87. The van der Waals surface area contributed by atoms with Crippen LogP contribution in [0.5, 0.6) is 5.75 Å². The lowest BCUT2D eigenvalue weighted by molar-refractivity contribution is 0.323. The zero-order chi connectivity index (χ0) is 13.1. The highest BCUT2D eigenvalue weighted by Gasteiger charge is 2.26. The van der Waals surface area contributed by atoms with Crippen molar-refractivity contribution >= 4 is 11.6 Å². The first-order chi connectivity index (χ1) is 8.71. The second kappa shape index (κ2) is 5.94. The first-order valence-corrected chi connectivity index (χ1v) is 7.21. The van der Waals surface area contributed by atoms with Gasteiger partial charge in [0.1, 0.15) is 5.75 Å². The SMILES string of the molecule is CCC(CC)C(NC)c1cc(Cl)cc2c1OCC2. The van der Waals surface area contributed by atoms with Gasteiger partial charge in [-0.15, -0.1) is 0 Å². The van der Waals surface area contributed by atoms with Crippen LogP contribution in [0.15, 0.2) is 12.1 Å². The standard InChI is InChI=1S/C15H22ClNO/c1-4-10(5-2)14(17-3)13-9-12(16)8-11-6-7-18-15(11)13/h8-10,14,17H,4-7H2,1-3H3. The number of nitrogens with one attached hydrogen (secondary N) is 1. The summed E-state index contributed by atoms with van der Waals surface area (Å²) in [5.74, 6) is 1.67. The van der Waals surface area contributed by atoms with E-state index in [-0.39, 0.29) is 0 Å². The highest BCUT2D eigenvalue weighted by Crippen LogP contribution is 2.39. The maximum atomic E-state index is 6.24. The molecule has 0 aromatic heterocycles. The van der Waals surface area contributed by atoms with Crippen LogP contribution in [0.3, 0.4) is 0 Å². The number of hydrogen-bond donors (Lipinski definition) is 1. The zero-order valence-corrected chi connectivity index (χ0v) is 12.2. The number of halogens is 1. The first kappa shape index (κ1) is 13.7. The molecule has 1 aromatic rings. The molecule has 1 aliphatic heterocycles. The van der Waals surface area contributed by atoms with Crippen LogP contribution in [0.1, 0.15) is 43.9 Å². The molecule has 0 bridgehead atoms. The maximum Gasteiger partial charge on any atom is 0.127 e. The molecule has 1 aromatic carbocycles. The van der Waals surface area contributed by atoms with Gasteiger partial charge < -0.3 is 10.1 Å². The molecule has 18 heavy (non-hydrogen) atoms. The third-order valence-corrected chi connectivity index (χ3v) is 4.16. The van der Waals surface area contributed by atoms with Crippen LogP contribution in [-0.2, 0) is 6.42 Å². The van der Waals surface area contributed by atoms with Gasteiger partial charge in [0.2, 0.25) is 0 Å². The Morgan fingerprint density at radius 2 is 2.06 bits per heavy atom. The summed E-state index contributed by atoms with van der Waals surface area (Å²) < 4.78 is 5.81. The summed E-state index contributed by atoms with van der Waals surface area (Å²) >= 11 is 6.24. The van der Waals surface area contributed by atoms with Crippen LogP contribution in [-0.4, -0.2) is 13.7 Å². The van der Waals surface area contributed by atoms with Gasteiger partial charge in [-0.2, -0.15) is 0 Å². The molecule has 1 unspecified atom stereocenters. The number of fused-ring (bicyclic) bond motifs is 1. The minimum Gasteiger partial charge on any atom is -0.493 e. The predicted octanol–water partition coefficient (Wildman–Crippen LogP) is 3.97. The van der Waals surface area contributed by atoms with Gasteiger partial charge in [0.25, 0.3) is 0 Å². The Balaban J connectivity index is 2.42. The van der Waals surface area contributed by atoms with Crippen molar-refractivity contribution in [1.82, 2.24) is 5.32 Å². The number of hydrogen-bond acceptors (Lipinski definition) is 2. The molecule has 0 saturated heterocycles. The fourth-order valence-corrected chi connectivity index (χ4v) is 3.18. The number of rotatable bonds is 5. The minimum atomic E-state index is 0.325. The molecule has 2 nitrogen and oxygen atoms in total. The normalized spacial score (nSPS) is 15.6. The number of benzene rings is 1. The van der Waals surface area contributed by atoms with Crippen molar-refractivity contribution in [3.05, 3.63) is 28.3 Å². The second-order valence-corrected chi connectivity index (χ2v) is 5.36. The second-order valence-electron chi connectivity index (χ2n) is 4.92. The van der Waals surface area contributed by atoms with Gasteiger partial charge in [-0.1, -0.05) is 38.3 Å².